The van der Waals surface area contributed by atoms with Gasteiger partial charge in [-0.25, -0.2) is 4.98 Å². The Morgan fingerprint density at radius 2 is 2.24 bits per heavy atom. The van der Waals surface area contributed by atoms with Crippen LogP contribution in [0.2, 0.25) is 0 Å². The summed E-state index contributed by atoms with van der Waals surface area (Å²) in [7, 11) is 0. The lowest BCUT2D eigenvalue weighted by Crippen LogP contribution is -2.09. The number of aliphatic carboxylic acids is 1. The molecule has 5 heteroatoms. The topological polar surface area (TPSA) is 70.4 Å². The second-order valence-corrected chi connectivity index (χ2v) is 4.04. The lowest BCUT2D eigenvalue weighted by molar-refractivity contribution is -0.138. The average molecular weight is 229 g/mol. The van der Waals surface area contributed by atoms with Crippen LogP contribution in [-0.2, 0) is 4.79 Å². The number of para-hydroxylation sites is 2. The van der Waals surface area contributed by atoms with E-state index in [1.54, 1.807) is 13.1 Å². The summed E-state index contributed by atoms with van der Waals surface area (Å²) in [5.41, 5.74) is 2.59. The Morgan fingerprint density at radius 1 is 1.47 bits per heavy atom. The van der Waals surface area contributed by atoms with Crippen molar-refractivity contribution >= 4 is 22.8 Å². The number of nitrogens with zero attached hydrogens (tertiary/aromatic N) is 2. The van der Waals surface area contributed by atoms with Crippen LogP contribution < -0.4 is 0 Å². The maximum atomic E-state index is 11.0. The van der Waals surface area contributed by atoms with Gasteiger partial charge in [0.25, 0.3) is 0 Å². The minimum absolute atomic E-state index is 0.579. The summed E-state index contributed by atoms with van der Waals surface area (Å²) in [5, 5.41) is 9.07. The minimum atomic E-state index is -0.850. The van der Waals surface area contributed by atoms with Crippen LogP contribution in [0.5, 0.6) is 0 Å². The Balaban J connectivity index is 2.36. The molecule has 0 radical (unpaired) electrons. The summed E-state index contributed by atoms with van der Waals surface area (Å²) in [4.78, 5) is 18.4. The van der Waals surface area contributed by atoms with Gasteiger partial charge in [0.1, 0.15) is 0 Å². The molecule has 0 amide bonds. The highest BCUT2D eigenvalue weighted by atomic mass is 16.4. The van der Waals surface area contributed by atoms with Crippen LogP contribution in [-0.4, -0.2) is 25.4 Å². The van der Waals surface area contributed by atoms with Gasteiger partial charge in [0.05, 0.1) is 28.8 Å². The molecule has 1 unspecified atom stereocenters. The minimum Gasteiger partial charge on any atom is -0.481 e. The SMILES string of the molecule is CC(C(=O)O)c1cnc2[nH]c3ccccc3n12. The molecule has 1 atom stereocenters. The van der Waals surface area contributed by atoms with Crippen molar-refractivity contribution < 1.29 is 9.90 Å². The van der Waals surface area contributed by atoms with E-state index in [1.807, 2.05) is 28.7 Å². The molecule has 2 aromatic heterocycles. The predicted molar refractivity (Wildman–Crippen MR) is 63.1 cm³/mol. The molecule has 3 rings (SSSR count). The third-order valence-electron chi connectivity index (χ3n) is 2.99. The molecule has 0 aliphatic carbocycles. The number of hydrogen-bond donors (Lipinski definition) is 2. The van der Waals surface area contributed by atoms with E-state index in [-0.39, 0.29) is 0 Å². The average Bonchev–Trinajstić information content (AvgIpc) is 2.86. The Labute approximate surface area is 96.7 Å². The number of aromatic amines is 1. The summed E-state index contributed by atoms with van der Waals surface area (Å²) in [6.45, 7) is 1.66. The van der Waals surface area contributed by atoms with Gasteiger partial charge >= 0.3 is 5.97 Å². The number of carboxylic acid groups (broad SMARTS) is 1. The molecule has 1 aromatic carbocycles. The Bertz CT molecular complexity index is 711. The van der Waals surface area contributed by atoms with E-state index in [0.29, 0.717) is 11.5 Å². The van der Waals surface area contributed by atoms with Crippen molar-refractivity contribution in [3.05, 3.63) is 36.2 Å². The van der Waals surface area contributed by atoms with E-state index >= 15 is 0 Å². The van der Waals surface area contributed by atoms with Crippen LogP contribution in [0.4, 0.5) is 0 Å². The van der Waals surface area contributed by atoms with Crippen molar-refractivity contribution in [3.63, 3.8) is 0 Å². The number of hydrogen-bond acceptors (Lipinski definition) is 2. The smallest absolute Gasteiger partial charge is 0.312 e. The molecule has 0 saturated heterocycles. The monoisotopic (exact) mass is 229 g/mol. The van der Waals surface area contributed by atoms with Crippen molar-refractivity contribution in [3.8, 4) is 0 Å². The molecule has 0 aliphatic heterocycles. The lowest BCUT2D eigenvalue weighted by atomic mass is 10.1. The first-order chi connectivity index (χ1) is 8.18. The Kier molecular flexibility index (Phi) is 1.95. The Morgan fingerprint density at radius 3 is 3.00 bits per heavy atom. The molecule has 0 bridgehead atoms. The van der Waals surface area contributed by atoms with Crippen molar-refractivity contribution in [1.82, 2.24) is 14.4 Å². The molecule has 86 valence electrons. The molecule has 0 fully saturated rings. The molecular formula is C12H11N3O2. The fraction of sp³-hybridized carbons (Fsp3) is 0.167. The van der Waals surface area contributed by atoms with Gasteiger partial charge in [0, 0.05) is 0 Å². The highest BCUT2D eigenvalue weighted by Crippen LogP contribution is 2.22. The van der Waals surface area contributed by atoms with E-state index in [0.717, 1.165) is 11.0 Å². The fourth-order valence-corrected chi connectivity index (χ4v) is 2.03. The van der Waals surface area contributed by atoms with E-state index in [2.05, 4.69) is 9.97 Å². The highest BCUT2D eigenvalue weighted by Gasteiger charge is 2.20. The number of H-pyrrole nitrogens is 1. The van der Waals surface area contributed by atoms with Gasteiger partial charge in [-0.15, -0.1) is 0 Å². The van der Waals surface area contributed by atoms with Gasteiger partial charge < -0.3 is 10.1 Å². The van der Waals surface area contributed by atoms with Gasteiger partial charge in [-0.3, -0.25) is 9.20 Å². The number of aromatic nitrogens is 3. The second kappa shape index (κ2) is 3.35. The summed E-state index contributed by atoms with van der Waals surface area (Å²) in [5.74, 6) is -0.754. The molecule has 2 heterocycles. The standard InChI is InChI=1S/C12H11N3O2/c1-7(11(16)17)10-6-13-12-14-8-4-2-3-5-9(8)15(10)12/h2-7H,1H3,(H,13,14)(H,16,17). The summed E-state index contributed by atoms with van der Waals surface area (Å²) >= 11 is 0. The van der Waals surface area contributed by atoms with E-state index in [4.69, 9.17) is 5.11 Å². The number of imidazole rings is 2. The molecule has 17 heavy (non-hydrogen) atoms. The number of carboxylic acids is 1. The molecule has 0 spiro atoms. The van der Waals surface area contributed by atoms with Gasteiger partial charge in [0.2, 0.25) is 5.78 Å². The first-order valence-electron chi connectivity index (χ1n) is 5.35. The fourth-order valence-electron chi connectivity index (χ4n) is 2.03. The summed E-state index contributed by atoms with van der Waals surface area (Å²) < 4.78 is 1.86. The number of nitrogens with one attached hydrogen (secondary N) is 1. The largest absolute Gasteiger partial charge is 0.481 e. The zero-order chi connectivity index (χ0) is 12.0. The highest BCUT2D eigenvalue weighted by molar-refractivity contribution is 5.82. The number of fused-ring (bicyclic) bond motifs is 3. The summed E-state index contributed by atoms with van der Waals surface area (Å²) in [6.07, 6.45) is 1.61. The maximum Gasteiger partial charge on any atom is 0.312 e. The van der Waals surface area contributed by atoms with Gasteiger partial charge in [-0.05, 0) is 19.1 Å². The number of benzene rings is 1. The van der Waals surface area contributed by atoms with Crippen molar-refractivity contribution in [2.45, 2.75) is 12.8 Å². The predicted octanol–water partition coefficient (Wildman–Crippen LogP) is 2.00. The van der Waals surface area contributed by atoms with Gasteiger partial charge in [0.15, 0.2) is 0 Å². The molecule has 3 aromatic rings. The number of carbonyl (C=O) groups is 1. The van der Waals surface area contributed by atoms with E-state index in [1.165, 1.54) is 0 Å². The number of rotatable bonds is 2. The quantitative estimate of drug-likeness (QED) is 0.706. The van der Waals surface area contributed by atoms with Crippen molar-refractivity contribution in [2.24, 2.45) is 0 Å². The lowest BCUT2D eigenvalue weighted by Gasteiger charge is -2.04. The zero-order valence-corrected chi connectivity index (χ0v) is 9.21. The van der Waals surface area contributed by atoms with Crippen molar-refractivity contribution in [2.75, 3.05) is 0 Å². The second-order valence-electron chi connectivity index (χ2n) is 4.04. The first kappa shape index (κ1) is 9.89. The van der Waals surface area contributed by atoms with Gasteiger partial charge in [-0.1, -0.05) is 12.1 Å². The normalized spacial score (nSPS) is 13.2. The van der Waals surface area contributed by atoms with Crippen LogP contribution in [0.15, 0.2) is 30.5 Å². The molecule has 2 N–H and O–H groups in total. The third-order valence-corrected chi connectivity index (χ3v) is 2.99. The summed E-state index contributed by atoms with van der Waals surface area (Å²) in [6, 6.07) is 7.74. The molecule has 0 aliphatic rings. The van der Waals surface area contributed by atoms with Crippen LogP contribution in [0, 0.1) is 0 Å². The van der Waals surface area contributed by atoms with E-state index in [9.17, 15) is 4.79 Å². The molecule has 0 saturated carbocycles. The van der Waals surface area contributed by atoms with Crippen LogP contribution >= 0.6 is 0 Å². The maximum absolute atomic E-state index is 11.0. The van der Waals surface area contributed by atoms with Crippen LogP contribution in [0.3, 0.4) is 0 Å². The first-order valence-corrected chi connectivity index (χ1v) is 5.35. The van der Waals surface area contributed by atoms with Crippen molar-refractivity contribution in [1.29, 1.82) is 0 Å². The molecular weight excluding hydrogens is 218 g/mol. The zero-order valence-electron chi connectivity index (χ0n) is 9.21. The van der Waals surface area contributed by atoms with Gasteiger partial charge in [-0.2, -0.15) is 0 Å². The van der Waals surface area contributed by atoms with E-state index < -0.39 is 11.9 Å². The Hall–Kier alpha value is -2.30. The third kappa shape index (κ3) is 1.32. The van der Waals surface area contributed by atoms with Crippen LogP contribution in [0.25, 0.3) is 16.8 Å². The molecule has 5 nitrogen and oxygen atoms in total. The van der Waals surface area contributed by atoms with Crippen LogP contribution in [0.1, 0.15) is 18.5 Å².